The Morgan fingerprint density at radius 3 is 3.00 bits per heavy atom. The Morgan fingerprint density at radius 1 is 1.25 bits per heavy atom. The Labute approximate surface area is 140 Å². The molecule has 5 heteroatoms. The van der Waals surface area contributed by atoms with Gasteiger partial charge in [0.2, 0.25) is 0 Å². The van der Waals surface area contributed by atoms with Crippen LogP contribution in [0.3, 0.4) is 0 Å². The normalized spacial score (nSPS) is 19.0. The maximum absolute atomic E-state index is 13.6. The molecule has 1 aromatic carbocycles. The molecule has 1 fully saturated rings. The lowest BCUT2D eigenvalue weighted by Crippen LogP contribution is -2.45. The number of piperazine rings is 1. The van der Waals surface area contributed by atoms with Crippen molar-refractivity contribution >= 4 is 5.65 Å². The summed E-state index contributed by atoms with van der Waals surface area (Å²) in [4.78, 5) is 6.92. The molecule has 3 heterocycles. The first-order valence-corrected chi connectivity index (χ1v) is 8.34. The number of hydrogen-bond donors (Lipinski definition) is 1. The number of pyridine rings is 1. The Balaban J connectivity index is 1.66. The third-order valence-corrected chi connectivity index (χ3v) is 4.75. The second kappa shape index (κ2) is 6.34. The Kier molecular flexibility index (Phi) is 4.04. The van der Waals surface area contributed by atoms with Crippen molar-refractivity contribution in [2.45, 2.75) is 19.5 Å². The van der Waals surface area contributed by atoms with E-state index in [2.05, 4.69) is 32.6 Å². The van der Waals surface area contributed by atoms with Crippen LogP contribution in [0.1, 0.15) is 23.0 Å². The number of nitrogens with zero attached hydrogens (tertiary/aromatic N) is 3. The number of aromatic nitrogens is 2. The molecule has 24 heavy (non-hydrogen) atoms. The van der Waals surface area contributed by atoms with Crippen LogP contribution in [-0.2, 0) is 6.54 Å². The standard InChI is InChI=1S/C19H21FN4/c1-14-4-2-7-19-22-11-17(24(14)19)13-23-9-8-21-12-18(23)15-5-3-6-16(20)10-15/h2-7,10-11,18,21H,8-9,12-13H2,1H3. The zero-order valence-corrected chi connectivity index (χ0v) is 13.7. The van der Waals surface area contributed by atoms with E-state index in [1.54, 1.807) is 12.1 Å². The number of benzene rings is 1. The third kappa shape index (κ3) is 2.81. The van der Waals surface area contributed by atoms with Crippen LogP contribution in [0.4, 0.5) is 4.39 Å². The van der Waals surface area contributed by atoms with Crippen LogP contribution in [-0.4, -0.2) is 33.9 Å². The van der Waals surface area contributed by atoms with Gasteiger partial charge in [0.1, 0.15) is 11.5 Å². The number of imidazole rings is 1. The first-order chi connectivity index (χ1) is 11.7. The highest BCUT2D eigenvalue weighted by Gasteiger charge is 2.25. The number of hydrogen-bond acceptors (Lipinski definition) is 3. The molecule has 1 unspecified atom stereocenters. The fraction of sp³-hybridized carbons (Fsp3) is 0.316. The van der Waals surface area contributed by atoms with Crippen LogP contribution in [0.2, 0.25) is 0 Å². The summed E-state index contributed by atoms with van der Waals surface area (Å²) in [6.07, 6.45) is 1.95. The largest absolute Gasteiger partial charge is 0.314 e. The molecule has 0 radical (unpaired) electrons. The second-order valence-corrected chi connectivity index (χ2v) is 6.36. The van der Waals surface area contributed by atoms with Gasteiger partial charge in [-0.15, -0.1) is 0 Å². The molecule has 0 spiro atoms. The van der Waals surface area contributed by atoms with Gasteiger partial charge in [-0.2, -0.15) is 0 Å². The van der Waals surface area contributed by atoms with Gasteiger partial charge in [-0.05, 0) is 36.8 Å². The van der Waals surface area contributed by atoms with E-state index in [0.29, 0.717) is 0 Å². The van der Waals surface area contributed by atoms with Gasteiger partial charge in [0.25, 0.3) is 0 Å². The van der Waals surface area contributed by atoms with Crippen molar-refractivity contribution in [3.05, 3.63) is 71.4 Å². The molecule has 2 aromatic heterocycles. The topological polar surface area (TPSA) is 32.6 Å². The van der Waals surface area contributed by atoms with Crippen LogP contribution < -0.4 is 5.32 Å². The monoisotopic (exact) mass is 324 g/mol. The summed E-state index contributed by atoms with van der Waals surface area (Å²) in [5.74, 6) is -0.177. The van der Waals surface area contributed by atoms with Gasteiger partial charge in [-0.3, -0.25) is 4.90 Å². The maximum atomic E-state index is 13.6. The molecule has 1 aliphatic rings. The average molecular weight is 324 g/mol. The summed E-state index contributed by atoms with van der Waals surface area (Å²) in [5, 5.41) is 3.42. The van der Waals surface area contributed by atoms with Gasteiger partial charge in [-0.25, -0.2) is 9.37 Å². The van der Waals surface area contributed by atoms with E-state index in [0.717, 1.165) is 37.4 Å². The van der Waals surface area contributed by atoms with E-state index < -0.39 is 0 Å². The van der Waals surface area contributed by atoms with Crippen LogP contribution in [0.25, 0.3) is 5.65 Å². The molecule has 0 saturated carbocycles. The van der Waals surface area contributed by atoms with Crippen molar-refractivity contribution < 1.29 is 4.39 Å². The van der Waals surface area contributed by atoms with E-state index in [1.165, 1.54) is 17.5 Å². The third-order valence-electron chi connectivity index (χ3n) is 4.75. The number of aryl methyl sites for hydroxylation is 1. The molecule has 124 valence electrons. The minimum absolute atomic E-state index is 0.170. The van der Waals surface area contributed by atoms with Gasteiger partial charge in [0.15, 0.2) is 0 Å². The molecule has 3 aromatic rings. The molecule has 0 bridgehead atoms. The smallest absolute Gasteiger partial charge is 0.137 e. The Morgan fingerprint density at radius 2 is 2.12 bits per heavy atom. The summed E-state index contributed by atoms with van der Waals surface area (Å²) in [6, 6.07) is 13.3. The highest BCUT2D eigenvalue weighted by molar-refractivity contribution is 5.42. The average Bonchev–Trinajstić information content (AvgIpc) is 3.00. The Bertz CT molecular complexity index is 857. The van der Waals surface area contributed by atoms with Crippen molar-refractivity contribution in [2.24, 2.45) is 0 Å². The maximum Gasteiger partial charge on any atom is 0.137 e. The second-order valence-electron chi connectivity index (χ2n) is 6.36. The fourth-order valence-corrected chi connectivity index (χ4v) is 3.57. The van der Waals surface area contributed by atoms with E-state index in [-0.39, 0.29) is 11.9 Å². The molecule has 0 aliphatic carbocycles. The lowest BCUT2D eigenvalue weighted by atomic mass is 10.0. The van der Waals surface area contributed by atoms with Crippen LogP contribution in [0.15, 0.2) is 48.7 Å². The van der Waals surface area contributed by atoms with Crippen LogP contribution in [0.5, 0.6) is 0 Å². The number of fused-ring (bicyclic) bond motifs is 1. The summed E-state index contributed by atoms with van der Waals surface area (Å²) < 4.78 is 15.8. The number of nitrogens with one attached hydrogen (secondary N) is 1. The van der Waals surface area contributed by atoms with Crippen LogP contribution >= 0.6 is 0 Å². The highest BCUT2D eigenvalue weighted by atomic mass is 19.1. The van der Waals surface area contributed by atoms with Gasteiger partial charge in [0.05, 0.1) is 11.9 Å². The molecule has 1 N–H and O–H groups in total. The number of rotatable bonds is 3. The van der Waals surface area contributed by atoms with E-state index >= 15 is 0 Å². The first kappa shape index (κ1) is 15.3. The molecule has 0 amide bonds. The lowest BCUT2D eigenvalue weighted by molar-refractivity contribution is 0.151. The van der Waals surface area contributed by atoms with Crippen molar-refractivity contribution in [2.75, 3.05) is 19.6 Å². The molecule has 1 atom stereocenters. The summed E-state index contributed by atoms with van der Waals surface area (Å²) >= 11 is 0. The molecule has 1 aliphatic heterocycles. The van der Waals surface area contributed by atoms with Crippen molar-refractivity contribution in [1.82, 2.24) is 19.6 Å². The summed E-state index contributed by atoms with van der Waals surface area (Å²) in [7, 11) is 0. The van der Waals surface area contributed by atoms with Crippen molar-refractivity contribution in [3.63, 3.8) is 0 Å². The van der Waals surface area contributed by atoms with Crippen LogP contribution in [0, 0.1) is 12.7 Å². The van der Waals surface area contributed by atoms with E-state index in [9.17, 15) is 4.39 Å². The SMILES string of the molecule is Cc1cccc2ncc(CN3CCNCC3c3cccc(F)c3)n12. The van der Waals surface area contributed by atoms with Crippen molar-refractivity contribution in [3.8, 4) is 0 Å². The minimum Gasteiger partial charge on any atom is -0.314 e. The Hall–Kier alpha value is -2.24. The molecular formula is C19H21FN4. The van der Waals surface area contributed by atoms with Gasteiger partial charge in [-0.1, -0.05) is 18.2 Å². The first-order valence-electron chi connectivity index (χ1n) is 8.34. The van der Waals surface area contributed by atoms with Gasteiger partial charge >= 0.3 is 0 Å². The molecule has 1 saturated heterocycles. The zero-order valence-electron chi connectivity index (χ0n) is 13.7. The summed E-state index contributed by atoms with van der Waals surface area (Å²) in [6.45, 7) is 5.61. The zero-order chi connectivity index (χ0) is 16.5. The van der Waals surface area contributed by atoms with Crippen molar-refractivity contribution in [1.29, 1.82) is 0 Å². The van der Waals surface area contributed by atoms with E-state index in [4.69, 9.17) is 0 Å². The lowest BCUT2D eigenvalue weighted by Gasteiger charge is -2.36. The predicted molar refractivity (Wildman–Crippen MR) is 92.3 cm³/mol. The fourth-order valence-electron chi connectivity index (χ4n) is 3.57. The van der Waals surface area contributed by atoms with E-state index in [1.807, 2.05) is 24.4 Å². The quantitative estimate of drug-likeness (QED) is 0.804. The van der Waals surface area contributed by atoms with Gasteiger partial charge < -0.3 is 9.72 Å². The molecule has 4 nitrogen and oxygen atoms in total. The molecular weight excluding hydrogens is 303 g/mol. The summed E-state index contributed by atoms with van der Waals surface area (Å²) in [5.41, 5.74) is 4.35. The minimum atomic E-state index is -0.177. The highest BCUT2D eigenvalue weighted by Crippen LogP contribution is 2.25. The predicted octanol–water partition coefficient (Wildman–Crippen LogP) is 2.93. The number of halogens is 1. The van der Waals surface area contributed by atoms with Gasteiger partial charge in [0, 0.05) is 37.9 Å². The molecule has 4 rings (SSSR count).